The Kier molecular flexibility index (Phi) is 3.61. The number of ether oxygens (including phenoxy) is 1. The fourth-order valence-electron chi connectivity index (χ4n) is 0.894. The van der Waals surface area contributed by atoms with Crippen molar-refractivity contribution >= 4 is 11.6 Å². The van der Waals surface area contributed by atoms with Crippen LogP contribution in [0.5, 0.6) is 5.88 Å². The Bertz CT molecular complexity index is 441. The van der Waals surface area contributed by atoms with E-state index in [0.717, 1.165) is 6.20 Å². The van der Waals surface area contributed by atoms with Crippen LogP contribution in [0.2, 0.25) is 0 Å². The molecular weight excluding hydrogens is 212 g/mol. The molecule has 7 nitrogen and oxygen atoms in total. The Morgan fingerprint density at radius 3 is 2.94 bits per heavy atom. The number of rotatable bonds is 4. The van der Waals surface area contributed by atoms with Crippen LogP contribution in [-0.4, -0.2) is 28.0 Å². The largest absolute Gasteiger partial charge is 0.456 e. The molecule has 16 heavy (non-hydrogen) atoms. The molecule has 1 N–H and O–H groups in total. The highest BCUT2D eigenvalue weighted by Gasteiger charge is 2.20. The van der Waals surface area contributed by atoms with Gasteiger partial charge in [0.15, 0.2) is 6.10 Å². The van der Waals surface area contributed by atoms with Crippen molar-refractivity contribution in [3.8, 4) is 18.2 Å². The highest BCUT2D eigenvalue weighted by Crippen LogP contribution is 2.25. The van der Waals surface area contributed by atoms with E-state index in [2.05, 4.69) is 21.2 Å². The summed E-state index contributed by atoms with van der Waals surface area (Å²) in [6.07, 6.45) is 5.58. The fourth-order valence-corrected chi connectivity index (χ4v) is 0.894. The van der Waals surface area contributed by atoms with Gasteiger partial charge in [-0.2, -0.15) is 4.98 Å². The van der Waals surface area contributed by atoms with E-state index >= 15 is 0 Å². The summed E-state index contributed by atoms with van der Waals surface area (Å²) < 4.78 is 5.13. The highest BCUT2D eigenvalue weighted by atomic mass is 16.6. The van der Waals surface area contributed by atoms with Crippen molar-refractivity contribution in [2.24, 2.45) is 0 Å². The molecule has 0 aliphatic carbocycles. The Hall–Kier alpha value is -2.36. The summed E-state index contributed by atoms with van der Waals surface area (Å²) in [7, 11) is 1.59. The number of terminal acetylenes is 1. The summed E-state index contributed by atoms with van der Waals surface area (Å²) >= 11 is 0. The quantitative estimate of drug-likeness (QED) is 0.461. The molecule has 84 valence electrons. The van der Waals surface area contributed by atoms with Crippen molar-refractivity contribution in [2.75, 3.05) is 12.4 Å². The minimum absolute atomic E-state index is 0.144. The van der Waals surface area contributed by atoms with E-state index in [1.54, 1.807) is 14.0 Å². The molecular formula is C9H10N4O3. The Balaban J connectivity index is 3.11. The van der Waals surface area contributed by atoms with Gasteiger partial charge >= 0.3 is 5.69 Å². The molecule has 0 aromatic carbocycles. The lowest BCUT2D eigenvalue weighted by molar-refractivity contribution is -0.386. The van der Waals surface area contributed by atoms with Crippen LogP contribution in [0.4, 0.5) is 11.6 Å². The summed E-state index contributed by atoms with van der Waals surface area (Å²) in [6.45, 7) is 1.59. The molecule has 0 saturated heterocycles. The van der Waals surface area contributed by atoms with Gasteiger partial charge in [-0.25, -0.2) is 4.98 Å². The van der Waals surface area contributed by atoms with E-state index in [1.165, 1.54) is 0 Å². The van der Waals surface area contributed by atoms with Crippen LogP contribution in [0, 0.1) is 22.5 Å². The second-order valence-corrected chi connectivity index (χ2v) is 2.82. The third-order valence-electron chi connectivity index (χ3n) is 1.68. The molecule has 0 aliphatic rings. The molecule has 0 radical (unpaired) electrons. The lowest BCUT2D eigenvalue weighted by Gasteiger charge is -2.08. The zero-order chi connectivity index (χ0) is 12.1. The first-order valence-electron chi connectivity index (χ1n) is 4.40. The van der Waals surface area contributed by atoms with Gasteiger partial charge in [-0.15, -0.1) is 6.42 Å². The fraction of sp³-hybridized carbons (Fsp3) is 0.333. The van der Waals surface area contributed by atoms with Crippen molar-refractivity contribution in [1.82, 2.24) is 9.97 Å². The average molecular weight is 222 g/mol. The molecule has 1 heterocycles. The predicted molar refractivity (Wildman–Crippen MR) is 57.2 cm³/mol. The lowest BCUT2D eigenvalue weighted by atomic mass is 10.4. The molecule has 1 atom stereocenters. The second kappa shape index (κ2) is 4.93. The molecule has 0 fully saturated rings. The van der Waals surface area contributed by atoms with Gasteiger partial charge in [0, 0.05) is 7.05 Å². The van der Waals surface area contributed by atoms with E-state index in [4.69, 9.17) is 11.2 Å². The van der Waals surface area contributed by atoms with Crippen LogP contribution < -0.4 is 10.1 Å². The summed E-state index contributed by atoms with van der Waals surface area (Å²) in [4.78, 5) is 17.6. The first kappa shape index (κ1) is 11.7. The normalized spacial score (nSPS) is 11.3. The molecule has 7 heteroatoms. The standard InChI is InChI=1S/C9H10N4O3/c1-4-6(2)16-8-7(13(14)15)5-11-9(10-3)12-8/h1,5-6H,2-3H3,(H,10,11,12). The maximum absolute atomic E-state index is 10.7. The third kappa shape index (κ3) is 2.57. The summed E-state index contributed by atoms with van der Waals surface area (Å²) in [5, 5.41) is 13.3. The van der Waals surface area contributed by atoms with Crippen LogP contribution in [0.25, 0.3) is 0 Å². The van der Waals surface area contributed by atoms with Crippen molar-refractivity contribution in [1.29, 1.82) is 0 Å². The molecule has 0 saturated carbocycles. The molecule has 0 bridgehead atoms. The van der Waals surface area contributed by atoms with E-state index in [9.17, 15) is 10.1 Å². The van der Waals surface area contributed by atoms with Crippen molar-refractivity contribution in [3.63, 3.8) is 0 Å². The first-order valence-corrected chi connectivity index (χ1v) is 4.40. The van der Waals surface area contributed by atoms with Gasteiger partial charge in [0.25, 0.3) is 5.88 Å². The Labute approximate surface area is 92.0 Å². The van der Waals surface area contributed by atoms with E-state index in [0.29, 0.717) is 0 Å². The van der Waals surface area contributed by atoms with Gasteiger partial charge in [-0.1, -0.05) is 5.92 Å². The molecule has 0 aliphatic heterocycles. The van der Waals surface area contributed by atoms with Crippen LogP contribution in [-0.2, 0) is 0 Å². The SMILES string of the molecule is C#CC(C)Oc1nc(NC)ncc1[N+](=O)[O-]. The molecule has 1 unspecified atom stereocenters. The van der Waals surface area contributed by atoms with Crippen molar-refractivity contribution in [3.05, 3.63) is 16.3 Å². The van der Waals surface area contributed by atoms with Crippen LogP contribution >= 0.6 is 0 Å². The smallest absolute Gasteiger partial charge is 0.349 e. The molecule has 0 amide bonds. The van der Waals surface area contributed by atoms with E-state index < -0.39 is 11.0 Å². The summed E-state index contributed by atoms with van der Waals surface area (Å²) in [5.41, 5.74) is -0.318. The number of nitro groups is 1. The Morgan fingerprint density at radius 1 is 1.75 bits per heavy atom. The summed E-state index contributed by atoms with van der Waals surface area (Å²) in [5.74, 6) is 2.37. The van der Waals surface area contributed by atoms with Crippen molar-refractivity contribution in [2.45, 2.75) is 13.0 Å². The number of hydrogen-bond donors (Lipinski definition) is 1. The maximum atomic E-state index is 10.7. The van der Waals surface area contributed by atoms with Gasteiger partial charge in [0.1, 0.15) is 6.20 Å². The molecule has 1 aromatic rings. The number of anilines is 1. The first-order chi connectivity index (χ1) is 7.58. The van der Waals surface area contributed by atoms with E-state index in [-0.39, 0.29) is 17.5 Å². The topological polar surface area (TPSA) is 90.2 Å². The van der Waals surface area contributed by atoms with Gasteiger partial charge < -0.3 is 10.1 Å². The van der Waals surface area contributed by atoms with Gasteiger partial charge in [0.05, 0.1) is 4.92 Å². The number of hydrogen-bond acceptors (Lipinski definition) is 6. The second-order valence-electron chi connectivity index (χ2n) is 2.82. The Morgan fingerprint density at radius 2 is 2.44 bits per heavy atom. The number of aromatic nitrogens is 2. The van der Waals surface area contributed by atoms with Gasteiger partial charge in [-0.05, 0) is 6.92 Å². The highest BCUT2D eigenvalue weighted by molar-refractivity contribution is 5.43. The monoisotopic (exact) mass is 222 g/mol. The molecule has 1 aromatic heterocycles. The van der Waals surface area contributed by atoms with Crippen LogP contribution in [0.1, 0.15) is 6.92 Å². The summed E-state index contributed by atoms with van der Waals surface area (Å²) in [6, 6.07) is 0. The van der Waals surface area contributed by atoms with Crippen LogP contribution in [0.15, 0.2) is 6.20 Å². The molecule has 1 rings (SSSR count). The minimum atomic E-state index is -0.627. The predicted octanol–water partition coefficient (Wildman–Crippen LogP) is 0.827. The average Bonchev–Trinajstić information content (AvgIpc) is 2.28. The zero-order valence-electron chi connectivity index (χ0n) is 8.80. The van der Waals surface area contributed by atoms with Crippen molar-refractivity contribution < 1.29 is 9.66 Å². The third-order valence-corrected chi connectivity index (χ3v) is 1.68. The number of nitrogens with zero attached hydrogens (tertiary/aromatic N) is 3. The van der Waals surface area contributed by atoms with Gasteiger partial charge in [-0.3, -0.25) is 10.1 Å². The maximum Gasteiger partial charge on any atom is 0.349 e. The lowest BCUT2D eigenvalue weighted by Crippen LogP contribution is -2.12. The number of nitrogens with one attached hydrogen (secondary N) is 1. The zero-order valence-corrected chi connectivity index (χ0v) is 8.80. The minimum Gasteiger partial charge on any atom is -0.456 e. The van der Waals surface area contributed by atoms with Crippen LogP contribution in [0.3, 0.4) is 0 Å². The molecule has 0 spiro atoms. The van der Waals surface area contributed by atoms with E-state index in [1.807, 2.05) is 0 Å². The van der Waals surface area contributed by atoms with Gasteiger partial charge in [0.2, 0.25) is 5.95 Å².